The van der Waals surface area contributed by atoms with Gasteiger partial charge in [-0.05, 0) is 69.1 Å². The summed E-state index contributed by atoms with van der Waals surface area (Å²) in [4.78, 5) is 11.8. The van der Waals surface area contributed by atoms with Crippen molar-refractivity contribution in [3.8, 4) is 0 Å². The average molecular weight is 304 g/mol. The van der Waals surface area contributed by atoms with Crippen molar-refractivity contribution in [3.05, 3.63) is 11.1 Å². The van der Waals surface area contributed by atoms with E-state index in [1.807, 2.05) is 13.8 Å². The maximum atomic E-state index is 11.8. The molecule has 2 heteroatoms. The number of ketones is 1. The monoisotopic (exact) mass is 304 g/mol. The fraction of sp³-hybridized carbons (Fsp3) is 0.850. The van der Waals surface area contributed by atoms with E-state index in [0.717, 1.165) is 38.5 Å². The lowest BCUT2D eigenvalue weighted by Gasteiger charge is -2.57. The highest BCUT2D eigenvalue weighted by molar-refractivity contribution is 5.82. The molecule has 0 aromatic heterocycles. The predicted octanol–water partition coefficient (Wildman–Crippen LogP) is 4.66. The molecule has 1 fully saturated rings. The van der Waals surface area contributed by atoms with Crippen LogP contribution in [0.15, 0.2) is 11.1 Å². The van der Waals surface area contributed by atoms with Gasteiger partial charge in [-0.2, -0.15) is 0 Å². The van der Waals surface area contributed by atoms with Gasteiger partial charge in [-0.3, -0.25) is 4.79 Å². The standard InChI is InChI=1S/C20H32O2/c1-5-18-17-8-6-13-12-14(21)7-9-15(13)16(17)10-11-20(18,4)19(2,3)22/h16-18,22H,5-12H2,1-4H3/t16-,17-,18+,20+/m1/s1. The first-order valence-corrected chi connectivity index (χ1v) is 9.22. The van der Waals surface area contributed by atoms with Gasteiger partial charge < -0.3 is 5.11 Å². The van der Waals surface area contributed by atoms with E-state index in [2.05, 4.69) is 13.8 Å². The molecule has 124 valence electrons. The average Bonchev–Trinajstić information content (AvgIpc) is 2.45. The number of allylic oxidation sites excluding steroid dienone is 2. The zero-order chi connectivity index (χ0) is 16.1. The highest BCUT2D eigenvalue weighted by Gasteiger charge is 2.53. The highest BCUT2D eigenvalue weighted by atomic mass is 16.3. The van der Waals surface area contributed by atoms with Gasteiger partial charge in [-0.25, -0.2) is 0 Å². The zero-order valence-electron chi connectivity index (χ0n) is 14.7. The summed E-state index contributed by atoms with van der Waals surface area (Å²) in [5, 5.41) is 10.8. The summed E-state index contributed by atoms with van der Waals surface area (Å²) < 4.78 is 0. The molecule has 0 aromatic rings. The molecule has 0 saturated heterocycles. The first-order chi connectivity index (χ1) is 10.3. The lowest BCUT2D eigenvalue weighted by molar-refractivity contribution is -0.130. The fourth-order valence-corrected chi connectivity index (χ4v) is 5.88. The van der Waals surface area contributed by atoms with Crippen molar-refractivity contribution >= 4 is 5.78 Å². The minimum Gasteiger partial charge on any atom is -0.390 e. The third kappa shape index (κ3) is 2.38. The quantitative estimate of drug-likeness (QED) is 0.753. The SMILES string of the molecule is CC[C@H]1[C@@H]2CCC3=C(CCC(=O)C3)[C@H]2CC[C@]1(C)C(C)(C)O. The molecule has 3 rings (SSSR count). The lowest BCUT2D eigenvalue weighted by atomic mass is 9.49. The number of hydrogen-bond acceptors (Lipinski definition) is 2. The third-order valence-corrected chi connectivity index (χ3v) is 7.43. The van der Waals surface area contributed by atoms with E-state index in [4.69, 9.17) is 0 Å². The third-order valence-electron chi connectivity index (χ3n) is 7.43. The molecule has 0 amide bonds. The van der Waals surface area contributed by atoms with Crippen LogP contribution in [0.25, 0.3) is 0 Å². The van der Waals surface area contributed by atoms with Crippen molar-refractivity contribution in [1.29, 1.82) is 0 Å². The van der Waals surface area contributed by atoms with Crippen molar-refractivity contribution in [2.75, 3.05) is 0 Å². The van der Waals surface area contributed by atoms with Crippen molar-refractivity contribution in [2.45, 2.75) is 84.7 Å². The van der Waals surface area contributed by atoms with Gasteiger partial charge in [-0.1, -0.05) is 31.4 Å². The van der Waals surface area contributed by atoms with Gasteiger partial charge in [-0.15, -0.1) is 0 Å². The van der Waals surface area contributed by atoms with E-state index in [0.29, 0.717) is 23.5 Å². The topological polar surface area (TPSA) is 37.3 Å². The molecule has 0 radical (unpaired) electrons. The van der Waals surface area contributed by atoms with E-state index in [1.165, 1.54) is 18.4 Å². The van der Waals surface area contributed by atoms with Crippen LogP contribution < -0.4 is 0 Å². The van der Waals surface area contributed by atoms with Gasteiger partial charge in [0.2, 0.25) is 0 Å². The molecular weight excluding hydrogens is 272 g/mol. The summed E-state index contributed by atoms with van der Waals surface area (Å²) in [6.45, 7) is 8.61. The predicted molar refractivity (Wildman–Crippen MR) is 89.5 cm³/mol. The van der Waals surface area contributed by atoms with Crippen molar-refractivity contribution in [1.82, 2.24) is 0 Å². The minimum absolute atomic E-state index is 0.0193. The van der Waals surface area contributed by atoms with E-state index in [9.17, 15) is 9.90 Å². The number of rotatable bonds is 2. The van der Waals surface area contributed by atoms with Gasteiger partial charge in [0.15, 0.2) is 0 Å². The van der Waals surface area contributed by atoms with Crippen LogP contribution >= 0.6 is 0 Å². The normalized spacial score (nSPS) is 39.5. The van der Waals surface area contributed by atoms with E-state index in [-0.39, 0.29) is 5.41 Å². The van der Waals surface area contributed by atoms with Crippen LogP contribution in [0.1, 0.15) is 79.1 Å². The van der Waals surface area contributed by atoms with Crippen LogP contribution in [0, 0.1) is 23.2 Å². The van der Waals surface area contributed by atoms with Gasteiger partial charge in [0.05, 0.1) is 5.60 Å². The van der Waals surface area contributed by atoms with E-state index in [1.54, 1.807) is 5.57 Å². The Bertz CT molecular complexity index is 496. The van der Waals surface area contributed by atoms with Crippen LogP contribution in [-0.4, -0.2) is 16.5 Å². The summed E-state index contributed by atoms with van der Waals surface area (Å²) in [7, 11) is 0. The Balaban J connectivity index is 1.92. The molecule has 0 aromatic carbocycles. The summed E-state index contributed by atoms with van der Waals surface area (Å²) in [5.74, 6) is 2.44. The Morgan fingerprint density at radius 1 is 1.23 bits per heavy atom. The largest absolute Gasteiger partial charge is 0.390 e. The van der Waals surface area contributed by atoms with Crippen LogP contribution in [0.3, 0.4) is 0 Å². The number of carbonyl (C=O) groups excluding carboxylic acids is 1. The minimum atomic E-state index is -0.615. The molecule has 0 spiro atoms. The van der Waals surface area contributed by atoms with Crippen LogP contribution in [-0.2, 0) is 4.79 Å². The van der Waals surface area contributed by atoms with E-state index >= 15 is 0 Å². The van der Waals surface area contributed by atoms with Crippen molar-refractivity contribution in [2.24, 2.45) is 23.2 Å². The molecule has 0 aliphatic heterocycles. The Labute approximate surface area is 135 Å². The maximum absolute atomic E-state index is 11.8. The molecular formula is C20H32O2. The van der Waals surface area contributed by atoms with Crippen LogP contribution in [0.5, 0.6) is 0 Å². The smallest absolute Gasteiger partial charge is 0.137 e. The second-order valence-electron chi connectivity index (χ2n) is 8.68. The number of fused-ring (bicyclic) bond motifs is 2. The second-order valence-corrected chi connectivity index (χ2v) is 8.68. The first kappa shape index (κ1) is 16.2. The first-order valence-electron chi connectivity index (χ1n) is 9.22. The van der Waals surface area contributed by atoms with Gasteiger partial charge in [0.1, 0.15) is 5.78 Å². The summed E-state index contributed by atoms with van der Waals surface area (Å²) in [6.07, 6.45) is 8.34. The van der Waals surface area contributed by atoms with Crippen molar-refractivity contribution in [3.63, 3.8) is 0 Å². The summed E-state index contributed by atoms with van der Waals surface area (Å²) in [5.41, 5.74) is 2.53. The number of Topliss-reactive ketones (excluding diaryl/α,β-unsaturated/α-hetero) is 1. The van der Waals surface area contributed by atoms with Gasteiger partial charge >= 0.3 is 0 Å². The molecule has 22 heavy (non-hydrogen) atoms. The molecule has 2 nitrogen and oxygen atoms in total. The molecule has 0 heterocycles. The molecule has 1 saturated carbocycles. The molecule has 3 aliphatic carbocycles. The zero-order valence-corrected chi connectivity index (χ0v) is 14.7. The molecule has 0 unspecified atom stereocenters. The summed E-state index contributed by atoms with van der Waals surface area (Å²) >= 11 is 0. The number of carbonyl (C=O) groups is 1. The Morgan fingerprint density at radius 2 is 1.95 bits per heavy atom. The van der Waals surface area contributed by atoms with Crippen LogP contribution in [0.4, 0.5) is 0 Å². The lowest BCUT2D eigenvalue weighted by Crippen LogP contribution is -2.54. The highest BCUT2D eigenvalue weighted by Crippen LogP contribution is 2.59. The Morgan fingerprint density at radius 3 is 2.59 bits per heavy atom. The second kappa shape index (κ2) is 5.47. The Kier molecular flexibility index (Phi) is 4.04. The van der Waals surface area contributed by atoms with Gasteiger partial charge in [0.25, 0.3) is 0 Å². The summed E-state index contributed by atoms with van der Waals surface area (Å²) in [6, 6.07) is 0. The van der Waals surface area contributed by atoms with E-state index < -0.39 is 5.60 Å². The fourth-order valence-electron chi connectivity index (χ4n) is 5.88. The van der Waals surface area contributed by atoms with Gasteiger partial charge in [0, 0.05) is 12.8 Å². The van der Waals surface area contributed by atoms with Crippen LogP contribution in [0.2, 0.25) is 0 Å². The molecule has 1 N–H and O–H groups in total. The number of hydrogen-bond donors (Lipinski definition) is 1. The maximum Gasteiger partial charge on any atom is 0.137 e. The molecule has 3 aliphatic rings. The number of aliphatic hydroxyl groups is 1. The molecule has 0 bridgehead atoms. The Hall–Kier alpha value is -0.630. The van der Waals surface area contributed by atoms with Crippen molar-refractivity contribution < 1.29 is 9.90 Å². The molecule has 4 atom stereocenters.